The minimum absolute atomic E-state index is 0.147. The minimum Gasteiger partial charge on any atom is -0.395 e. The highest BCUT2D eigenvalue weighted by Crippen LogP contribution is 2.07. The van der Waals surface area contributed by atoms with Crippen LogP contribution in [-0.2, 0) is 4.79 Å². The fourth-order valence-corrected chi connectivity index (χ4v) is 1.56. The standard InChI is InChI=1S/C14H14F2N2O2/c15-13(16)10-18(6-7-19)14(20)5-4-11-2-1-3-12(8-11)9-17/h1-5,8,13,19H,6-7,10H2/b5-4+. The quantitative estimate of drug-likeness (QED) is 0.806. The van der Waals surface area contributed by atoms with Crippen LogP contribution in [0.15, 0.2) is 30.3 Å². The van der Waals surface area contributed by atoms with Crippen LogP contribution in [0.3, 0.4) is 0 Å². The van der Waals surface area contributed by atoms with Crippen molar-refractivity contribution in [1.29, 1.82) is 5.26 Å². The normalized spacial score (nSPS) is 10.8. The molecule has 0 unspecified atom stereocenters. The van der Waals surface area contributed by atoms with Gasteiger partial charge in [0.05, 0.1) is 24.8 Å². The summed E-state index contributed by atoms with van der Waals surface area (Å²) in [7, 11) is 0. The molecule has 0 heterocycles. The van der Waals surface area contributed by atoms with Gasteiger partial charge in [-0.2, -0.15) is 5.26 Å². The number of hydrogen-bond donors (Lipinski definition) is 1. The Kier molecular flexibility index (Phi) is 6.33. The highest BCUT2D eigenvalue weighted by molar-refractivity contribution is 5.91. The van der Waals surface area contributed by atoms with E-state index in [1.807, 2.05) is 6.07 Å². The highest BCUT2D eigenvalue weighted by Gasteiger charge is 2.15. The molecule has 0 aliphatic carbocycles. The van der Waals surface area contributed by atoms with Crippen LogP contribution < -0.4 is 0 Å². The Hall–Kier alpha value is -2.26. The molecule has 0 aliphatic rings. The molecule has 0 atom stereocenters. The smallest absolute Gasteiger partial charge is 0.255 e. The molecular formula is C14H14F2N2O2. The number of nitriles is 1. The first kappa shape index (κ1) is 15.8. The van der Waals surface area contributed by atoms with Crippen molar-refractivity contribution >= 4 is 12.0 Å². The first-order valence-corrected chi connectivity index (χ1v) is 5.93. The summed E-state index contributed by atoms with van der Waals surface area (Å²) in [6.07, 6.45) is -0.0612. The maximum absolute atomic E-state index is 12.3. The van der Waals surface area contributed by atoms with Crippen LogP contribution in [0.4, 0.5) is 8.78 Å². The van der Waals surface area contributed by atoms with Crippen LogP contribution in [-0.4, -0.2) is 42.0 Å². The Morgan fingerprint density at radius 3 is 2.85 bits per heavy atom. The van der Waals surface area contributed by atoms with Gasteiger partial charge in [-0.05, 0) is 23.8 Å². The molecule has 1 aromatic carbocycles. The average Bonchev–Trinajstić information content (AvgIpc) is 2.44. The number of benzene rings is 1. The lowest BCUT2D eigenvalue weighted by Crippen LogP contribution is -2.36. The summed E-state index contributed by atoms with van der Waals surface area (Å²) in [6, 6.07) is 8.51. The van der Waals surface area contributed by atoms with Crippen molar-refractivity contribution < 1.29 is 18.7 Å². The number of aliphatic hydroxyl groups is 1. The molecule has 1 amide bonds. The number of alkyl halides is 2. The zero-order valence-corrected chi connectivity index (χ0v) is 10.7. The lowest BCUT2D eigenvalue weighted by molar-refractivity contribution is -0.128. The first-order chi connectivity index (χ1) is 9.56. The van der Waals surface area contributed by atoms with Crippen molar-refractivity contribution in [3.8, 4) is 6.07 Å². The van der Waals surface area contributed by atoms with E-state index < -0.39 is 18.9 Å². The van der Waals surface area contributed by atoms with E-state index in [2.05, 4.69) is 0 Å². The van der Waals surface area contributed by atoms with Crippen LogP contribution >= 0.6 is 0 Å². The van der Waals surface area contributed by atoms with Crippen LogP contribution in [0.5, 0.6) is 0 Å². The van der Waals surface area contributed by atoms with Gasteiger partial charge >= 0.3 is 0 Å². The molecular weight excluding hydrogens is 266 g/mol. The fourth-order valence-electron chi connectivity index (χ4n) is 1.56. The molecule has 0 saturated heterocycles. The number of rotatable bonds is 6. The maximum atomic E-state index is 12.3. The third-order valence-corrected chi connectivity index (χ3v) is 2.47. The Balaban J connectivity index is 2.75. The molecule has 4 nitrogen and oxygen atoms in total. The minimum atomic E-state index is -2.65. The summed E-state index contributed by atoms with van der Waals surface area (Å²) in [5.74, 6) is -0.610. The third kappa shape index (κ3) is 5.16. The van der Waals surface area contributed by atoms with Crippen molar-refractivity contribution in [3.05, 3.63) is 41.5 Å². The Morgan fingerprint density at radius 2 is 2.25 bits per heavy atom. The van der Waals surface area contributed by atoms with E-state index in [9.17, 15) is 13.6 Å². The lowest BCUT2D eigenvalue weighted by Gasteiger charge is -2.19. The summed E-state index contributed by atoms with van der Waals surface area (Å²) < 4.78 is 24.6. The molecule has 20 heavy (non-hydrogen) atoms. The van der Waals surface area contributed by atoms with E-state index in [-0.39, 0.29) is 13.2 Å². The SMILES string of the molecule is N#Cc1cccc(/C=C/C(=O)N(CCO)CC(F)F)c1. The zero-order chi connectivity index (χ0) is 15.0. The second-order valence-electron chi connectivity index (χ2n) is 3.97. The maximum Gasteiger partial charge on any atom is 0.255 e. The molecule has 0 spiro atoms. The molecule has 0 aliphatic heterocycles. The first-order valence-electron chi connectivity index (χ1n) is 5.93. The molecule has 0 saturated carbocycles. The van der Waals surface area contributed by atoms with Gasteiger partial charge in [0.25, 0.3) is 6.43 Å². The third-order valence-electron chi connectivity index (χ3n) is 2.47. The van der Waals surface area contributed by atoms with Gasteiger partial charge in [0.15, 0.2) is 0 Å². The van der Waals surface area contributed by atoms with Crippen molar-refractivity contribution in [2.45, 2.75) is 6.43 Å². The summed E-state index contributed by atoms with van der Waals surface area (Å²) in [4.78, 5) is 12.6. The number of carbonyl (C=O) groups excluding carboxylic acids is 1. The van der Waals surface area contributed by atoms with Crippen molar-refractivity contribution in [3.63, 3.8) is 0 Å². The van der Waals surface area contributed by atoms with E-state index >= 15 is 0 Å². The van der Waals surface area contributed by atoms with E-state index in [0.29, 0.717) is 11.1 Å². The monoisotopic (exact) mass is 280 g/mol. The molecule has 0 radical (unpaired) electrons. The highest BCUT2D eigenvalue weighted by atomic mass is 19.3. The van der Waals surface area contributed by atoms with Gasteiger partial charge in [0.2, 0.25) is 5.91 Å². The number of carbonyl (C=O) groups is 1. The van der Waals surface area contributed by atoms with Gasteiger partial charge in [-0.25, -0.2) is 8.78 Å². The molecule has 106 valence electrons. The zero-order valence-electron chi connectivity index (χ0n) is 10.7. The van der Waals surface area contributed by atoms with Crippen LogP contribution in [0.1, 0.15) is 11.1 Å². The molecule has 0 aromatic heterocycles. The van der Waals surface area contributed by atoms with Gasteiger partial charge in [-0.1, -0.05) is 12.1 Å². The topological polar surface area (TPSA) is 64.3 Å². The molecule has 6 heteroatoms. The summed E-state index contributed by atoms with van der Waals surface area (Å²) >= 11 is 0. The van der Waals surface area contributed by atoms with Crippen molar-refractivity contribution in [2.75, 3.05) is 19.7 Å². The lowest BCUT2D eigenvalue weighted by atomic mass is 10.1. The predicted octanol–water partition coefficient (Wildman–Crippen LogP) is 1.66. The van der Waals surface area contributed by atoms with Gasteiger partial charge in [0, 0.05) is 12.6 Å². The van der Waals surface area contributed by atoms with Crippen molar-refractivity contribution in [1.82, 2.24) is 4.90 Å². The number of aliphatic hydroxyl groups excluding tert-OH is 1. The van der Waals surface area contributed by atoms with Crippen LogP contribution in [0, 0.1) is 11.3 Å². The molecule has 1 N–H and O–H groups in total. The summed E-state index contributed by atoms with van der Waals surface area (Å²) in [5.41, 5.74) is 1.07. The van der Waals surface area contributed by atoms with E-state index in [1.54, 1.807) is 24.3 Å². The second kappa shape index (κ2) is 8.02. The summed E-state index contributed by atoms with van der Waals surface area (Å²) in [6.45, 7) is -1.25. The number of nitrogens with zero attached hydrogens (tertiary/aromatic N) is 2. The van der Waals surface area contributed by atoms with Crippen LogP contribution in [0.2, 0.25) is 0 Å². The molecule has 1 aromatic rings. The van der Waals surface area contributed by atoms with Crippen LogP contribution in [0.25, 0.3) is 6.08 Å². The average molecular weight is 280 g/mol. The number of halogens is 2. The summed E-state index contributed by atoms with van der Waals surface area (Å²) in [5, 5.41) is 17.5. The van der Waals surface area contributed by atoms with Gasteiger partial charge in [-0.15, -0.1) is 0 Å². The Bertz CT molecular complexity index is 524. The molecule has 1 rings (SSSR count). The van der Waals surface area contributed by atoms with Gasteiger partial charge < -0.3 is 10.0 Å². The van der Waals surface area contributed by atoms with E-state index in [1.165, 1.54) is 6.08 Å². The number of amides is 1. The largest absolute Gasteiger partial charge is 0.395 e. The van der Waals surface area contributed by atoms with Gasteiger partial charge in [0.1, 0.15) is 0 Å². The molecule has 0 fully saturated rings. The van der Waals surface area contributed by atoms with E-state index in [0.717, 1.165) is 11.0 Å². The predicted molar refractivity (Wildman–Crippen MR) is 69.9 cm³/mol. The second-order valence-corrected chi connectivity index (χ2v) is 3.97. The number of hydrogen-bond acceptors (Lipinski definition) is 3. The fraction of sp³-hybridized carbons (Fsp3) is 0.286. The Morgan fingerprint density at radius 1 is 1.50 bits per heavy atom. The van der Waals surface area contributed by atoms with E-state index in [4.69, 9.17) is 10.4 Å². The Labute approximate surface area is 115 Å². The molecule has 0 bridgehead atoms. The van der Waals surface area contributed by atoms with Crippen molar-refractivity contribution in [2.24, 2.45) is 0 Å². The van der Waals surface area contributed by atoms with Gasteiger partial charge in [-0.3, -0.25) is 4.79 Å².